The van der Waals surface area contributed by atoms with E-state index < -0.39 is 6.61 Å². The highest BCUT2D eigenvalue weighted by Gasteiger charge is 2.22. The van der Waals surface area contributed by atoms with Gasteiger partial charge in [0.15, 0.2) is 11.8 Å². The van der Waals surface area contributed by atoms with Gasteiger partial charge in [-0.25, -0.2) is 0 Å². The van der Waals surface area contributed by atoms with Gasteiger partial charge >= 0.3 is 6.61 Å². The molecule has 1 unspecified atom stereocenters. The zero-order valence-corrected chi connectivity index (χ0v) is 15.5. The maximum atomic E-state index is 12.4. The van der Waals surface area contributed by atoms with Crippen LogP contribution in [0.4, 0.5) is 14.5 Å². The van der Waals surface area contributed by atoms with E-state index >= 15 is 0 Å². The van der Waals surface area contributed by atoms with Gasteiger partial charge in [0.2, 0.25) is 0 Å². The number of quaternary nitrogens is 1. The predicted octanol–water partition coefficient (Wildman–Crippen LogP) is 2.53. The van der Waals surface area contributed by atoms with Gasteiger partial charge in [0.25, 0.3) is 5.91 Å². The van der Waals surface area contributed by atoms with Gasteiger partial charge in [-0.05, 0) is 62.4 Å². The molecule has 0 fully saturated rings. The Balaban J connectivity index is 1.92. The van der Waals surface area contributed by atoms with Gasteiger partial charge in [-0.3, -0.25) is 9.59 Å². The highest BCUT2D eigenvalue weighted by atomic mass is 19.3. The third-order valence-corrected chi connectivity index (χ3v) is 4.32. The number of Topliss-reactive ketones (excluding diaryl/α,β-unsaturated/α-hetero) is 1. The molecule has 2 aromatic carbocycles. The van der Waals surface area contributed by atoms with Crippen molar-refractivity contribution in [2.24, 2.45) is 0 Å². The van der Waals surface area contributed by atoms with Gasteiger partial charge in [-0.2, -0.15) is 8.78 Å². The lowest BCUT2D eigenvalue weighted by Gasteiger charge is -2.21. The average molecular weight is 377 g/mol. The maximum Gasteiger partial charge on any atom is 0.387 e. The number of hydrogen-bond donors (Lipinski definition) is 2. The highest BCUT2D eigenvalue weighted by Crippen LogP contribution is 2.14. The molecule has 2 atom stereocenters. The Labute approximate surface area is 156 Å². The van der Waals surface area contributed by atoms with Crippen molar-refractivity contribution in [3.63, 3.8) is 0 Å². The van der Waals surface area contributed by atoms with Crippen molar-refractivity contribution in [2.45, 2.75) is 33.0 Å². The lowest BCUT2D eigenvalue weighted by Crippen LogP contribution is -3.12. The van der Waals surface area contributed by atoms with E-state index in [9.17, 15) is 18.4 Å². The highest BCUT2D eigenvalue weighted by molar-refractivity contribution is 5.96. The number of nitrogens with one attached hydrogen (secondary N) is 2. The van der Waals surface area contributed by atoms with Crippen LogP contribution in [0.2, 0.25) is 0 Å². The number of likely N-dealkylation sites (N-methyl/N-ethyl adjacent to an activating group) is 1. The number of carbonyl (C=O) groups excluding carboxylic acids is 2. The number of ketones is 1. The molecular weight excluding hydrogens is 354 g/mol. The van der Waals surface area contributed by atoms with Crippen LogP contribution in [0.25, 0.3) is 0 Å². The summed E-state index contributed by atoms with van der Waals surface area (Å²) in [5, 5.41) is 2.83. The number of alkyl halides is 2. The molecule has 0 radical (unpaired) electrons. The molecule has 2 aromatic rings. The van der Waals surface area contributed by atoms with Crippen molar-refractivity contribution in [3.05, 3.63) is 59.7 Å². The van der Waals surface area contributed by atoms with Crippen molar-refractivity contribution >= 4 is 17.4 Å². The predicted molar refractivity (Wildman–Crippen MR) is 98.2 cm³/mol. The Morgan fingerprint density at radius 2 is 1.67 bits per heavy atom. The lowest BCUT2D eigenvalue weighted by atomic mass is 10.1. The van der Waals surface area contributed by atoms with Gasteiger partial charge in [0, 0.05) is 16.8 Å². The third kappa shape index (κ3) is 6.14. The summed E-state index contributed by atoms with van der Waals surface area (Å²) in [6.45, 7) is 0.993. The van der Waals surface area contributed by atoms with Crippen LogP contribution in [0.5, 0.6) is 5.75 Å². The van der Waals surface area contributed by atoms with Crippen LogP contribution < -0.4 is 15.0 Å². The summed E-state index contributed by atoms with van der Waals surface area (Å²) in [5.41, 5.74) is 2.11. The van der Waals surface area contributed by atoms with E-state index in [4.69, 9.17) is 0 Å². The zero-order chi connectivity index (χ0) is 20.0. The van der Waals surface area contributed by atoms with E-state index in [-0.39, 0.29) is 23.5 Å². The Hall–Kier alpha value is -2.80. The fraction of sp³-hybridized carbons (Fsp3) is 0.300. The summed E-state index contributed by atoms with van der Waals surface area (Å²) in [7, 11) is 1.88. The minimum absolute atomic E-state index is 0.0320. The van der Waals surface area contributed by atoms with Crippen LogP contribution in [0, 0.1) is 0 Å². The molecular formula is C20H23F2N2O3+. The summed E-state index contributed by atoms with van der Waals surface area (Å²) in [4.78, 5) is 24.7. The Bertz CT molecular complexity index is 777. The molecule has 2 N–H and O–H groups in total. The smallest absolute Gasteiger partial charge is 0.387 e. The summed E-state index contributed by atoms with van der Waals surface area (Å²) in [6, 6.07) is 12.8. The summed E-state index contributed by atoms with van der Waals surface area (Å²) in [5.74, 6) is -0.0812. The summed E-state index contributed by atoms with van der Waals surface area (Å²) < 4.78 is 28.7. The van der Waals surface area contributed by atoms with Gasteiger partial charge in [0.1, 0.15) is 12.3 Å². The van der Waals surface area contributed by atoms with E-state index in [0.29, 0.717) is 17.8 Å². The molecule has 1 amide bonds. The average Bonchev–Trinajstić information content (AvgIpc) is 2.62. The van der Waals surface area contributed by atoms with E-state index in [0.717, 1.165) is 10.5 Å². The molecule has 0 aliphatic heterocycles. The van der Waals surface area contributed by atoms with Gasteiger partial charge in [-0.15, -0.1) is 0 Å². The molecule has 0 saturated heterocycles. The minimum Gasteiger partial charge on any atom is -0.435 e. The lowest BCUT2D eigenvalue weighted by molar-refractivity contribution is -0.907. The van der Waals surface area contributed by atoms with Crippen LogP contribution in [-0.4, -0.2) is 31.4 Å². The number of amides is 1. The van der Waals surface area contributed by atoms with Crippen LogP contribution >= 0.6 is 0 Å². The first-order chi connectivity index (χ1) is 12.8. The van der Waals surface area contributed by atoms with E-state index in [1.54, 1.807) is 36.4 Å². The maximum absolute atomic E-state index is 12.4. The van der Waals surface area contributed by atoms with E-state index in [1.807, 2.05) is 14.0 Å². The molecule has 0 spiro atoms. The number of hydrogen-bond acceptors (Lipinski definition) is 3. The Kier molecular flexibility index (Phi) is 7.01. The van der Waals surface area contributed by atoms with Crippen molar-refractivity contribution in [1.29, 1.82) is 0 Å². The van der Waals surface area contributed by atoms with Gasteiger partial charge in [-0.1, -0.05) is 0 Å². The second-order valence-electron chi connectivity index (χ2n) is 6.39. The number of benzene rings is 2. The monoisotopic (exact) mass is 377 g/mol. The minimum atomic E-state index is -2.85. The quantitative estimate of drug-likeness (QED) is 0.695. The number of rotatable bonds is 8. The number of ether oxygens (including phenoxy) is 1. The topological polar surface area (TPSA) is 59.8 Å². The van der Waals surface area contributed by atoms with Crippen molar-refractivity contribution in [1.82, 2.24) is 0 Å². The molecule has 0 aliphatic rings. The molecule has 7 heteroatoms. The van der Waals surface area contributed by atoms with E-state index in [2.05, 4.69) is 10.1 Å². The molecule has 0 aliphatic carbocycles. The third-order valence-electron chi connectivity index (χ3n) is 4.32. The number of halogens is 2. The SMILES string of the molecule is CC(=O)c1ccc(NC(=O)[C@@H](C)[NH+](C)Cc2ccc(OC(F)F)cc2)cc1. The molecule has 0 bridgehead atoms. The first-order valence-corrected chi connectivity index (χ1v) is 8.54. The molecule has 27 heavy (non-hydrogen) atoms. The largest absolute Gasteiger partial charge is 0.435 e. The number of carbonyl (C=O) groups is 2. The molecule has 2 rings (SSSR count). The van der Waals surface area contributed by atoms with Crippen LogP contribution in [0.1, 0.15) is 29.8 Å². The standard InChI is InChI=1S/C20H22F2N2O3/c1-13(19(26)23-17-8-6-16(7-9-17)14(2)25)24(3)12-15-4-10-18(11-5-15)27-20(21)22/h4-11,13,20H,12H2,1-3H3,(H,23,26)/p+1/t13-/m1/s1. The van der Waals surface area contributed by atoms with E-state index in [1.165, 1.54) is 19.1 Å². The van der Waals surface area contributed by atoms with Crippen molar-refractivity contribution < 1.29 is 28.0 Å². The second-order valence-corrected chi connectivity index (χ2v) is 6.39. The molecule has 0 heterocycles. The first-order valence-electron chi connectivity index (χ1n) is 8.54. The van der Waals surface area contributed by atoms with Gasteiger partial charge < -0.3 is 15.0 Å². The van der Waals surface area contributed by atoms with Gasteiger partial charge in [0.05, 0.1) is 7.05 Å². The van der Waals surface area contributed by atoms with Crippen LogP contribution in [0.15, 0.2) is 48.5 Å². The molecule has 0 saturated carbocycles. The fourth-order valence-electron chi connectivity index (χ4n) is 2.53. The first kappa shape index (κ1) is 20.5. The molecule has 5 nitrogen and oxygen atoms in total. The Morgan fingerprint density at radius 1 is 1.07 bits per heavy atom. The fourth-order valence-corrected chi connectivity index (χ4v) is 2.53. The summed E-state index contributed by atoms with van der Waals surface area (Å²) in [6.07, 6.45) is 0. The van der Waals surface area contributed by atoms with Crippen LogP contribution in [-0.2, 0) is 11.3 Å². The van der Waals surface area contributed by atoms with Crippen molar-refractivity contribution in [2.75, 3.05) is 12.4 Å². The summed E-state index contributed by atoms with van der Waals surface area (Å²) >= 11 is 0. The van der Waals surface area contributed by atoms with Crippen LogP contribution in [0.3, 0.4) is 0 Å². The molecule has 144 valence electrons. The second kappa shape index (κ2) is 9.23. The normalized spacial score (nSPS) is 13.1. The van der Waals surface area contributed by atoms with Crippen molar-refractivity contribution in [3.8, 4) is 5.75 Å². The Morgan fingerprint density at radius 3 is 2.19 bits per heavy atom. The number of anilines is 1. The zero-order valence-electron chi connectivity index (χ0n) is 15.5. The molecule has 0 aromatic heterocycles.